The van der Waals surface area contributed by atoms with Crippen molar-refractivity contribution in [3.05, 3.63) is 23.8 Å². The first kappa shape index (κ1) is 15.1. The van der Waals surface area contributed by atoms with E-state index in [4.69, 9.17) is 14.2 Å². The zero-order valence-corrected chi connectivity index (χ0v) is 12.4. The van der Waals surface area contributed by atoms with Crippen LogP contribution in [0.4, 0.5) is 0 Å². The number of aliphatic carboxylic acids is 1. The maximum Gasteiger partial charge on any atom is 0.333 e. The van der Waals surface area contributed by atoms with Crippen LogP contribution in [0, 0.1) is 0 Å². The van der Waals surface area contributed by atoms with Gasteiger partial charge in [0.05, 0.1) is 7.11 Å². The van der Waals surface area contributed by atoms with Crippen LogP contribution in [-0.4, -0.2) is 47.8 Å². The van der Waals surface area contributed by atoms with Gasteiger partial charge < -0.3 is 24.2 Å². The lowest BCUT2D eigenvalue weighted by Gasteiger charge is -2.29. The smallest absolute Gasteiger partial charge is 0.333 e. The minimum atomic E-state index is -1.15. The van der Waals surface area contributed by atoms with Gasteiger partial charge in [0.25, 0.3) is 0 Å². The van der Waals surface area contributed by atoms with Gasteiger partial charge in [-0.1, -0.05) is 6.07 Å². The molecule has 8 heteroatoms. The Morgan fingerprint density at radius 2 is 2.09 bits per heavy atom. The summed E-state index contributed by atoms with van der Waals surface area (Å²) in [5.41, 5.74) is 0.419. The minimum Gasteiger partial charge on any atom is -0.480 e. The number of esters is 1. The number of carbonyl (C=O) groups excluding carboxylic acids is 2. The molecular formula is C15H15NO7. The molecule has 1 N–H and O–H groups in total. The number of rotatable bonds is 4. The Bertz CT molecular complexity index is 672. The highest BCUT2D eigenvalue weighted by Gasteiger charge is 2.44. The number of carbonyl (C=O) groups is 3. The molecule has 0 aliphatic carbocycles. The highest BCUT2D eigenvalue weighted by atomic mass is 16.7. The summed E-state index contributed by atoms with van der Waals surface area (Å²) in [6.07, 6.45) is 0.237. The lowest BCUT2D eigenvalue weighted by Crippen LogP contribution is -2.44. The average molecular weight is 321 g/mol. The van der Waals surface area contributed by atoms with E-state index in [2.05, 4.69) is 0 Å². The molecule has 0 unspecified atom stereocenters. The summed E-state index contributed by atoms with van der Waals surface area (Å²) in [5, 5.41) is 9.32. The van der Waals surface area contributed by atoms with Gasteiger partial charge in [-0.2, -0.15) is 0 Å². The Morgan fingerprint density at radius 1 is 1.35 bits per heavy atom. The summed E-state index contributed by atoms with van der Waals surface area (Å²) < 4.78 is 15.3. The highest BCUT2D eigenvalue weighted by molar-refractivity contribution is 5.92. The van der Waals surface area contributed by atoms with E-state index in [9.17, 15) is 19.5 Å². The van der Waals surface area contributed by atoms with Crippen molar-refractivity contribution in [2.75, 3.05) is 13.9 Å². The minimum absolute atomic E-state index is 0.0715. The topological polar surface area (TPSA) is 102 Å². The van der Waals surface area contributed by atoms with E-state index in [1.165, 1.54) is 7.11 Å². The quantitative estimate of drug-likeness (QED) is 0.814. The number of nitrogens with zero attached hydrogens (tertiary/aromatic N) is 1. The molecule has 2 aliphatic heterocycles. The largest absolute Gasteiger partial charge is 0.480 e. The molecule has 0 aromatic heterocycles. The monoisotopic (exact) mass is 321 g/mol. The van der Waals surface area contributed by atoms with E-state index < -0.39 is 29.9 Å². The highest BCUT2D eigenvalue weighted by Crippen LogP contribution is 2.38. The van der Waals surface area contributed by atoms with Gasteiger partial charge in [-0.15, -0.1) is 0 Å². The number of ether oxygens (including phenoxy) is 3. The number of carboxylic acid groups (broad SMARTS) is 1. The van der Waals surface area contributed by atoms with Crippen molar-refractivity contribution >= 4 is 17.8 Å². The Labute approximate surface area is 131 Å². The molecule has 8 nitrogen and oxygen atoms in total. The summed E-state index contributed by atoms with van der Waals surface area (Å²) in [4.78, 5) is 36.9. The number of methoxy groups -OCH3 is 1. The fourth-order valence-corrected chi connectivity index (χ4v) is 2.87. The molecule has 1 saturated heterocycles. The second kappa shape index (κ2) is 5.79. The fourth-order valence-electron chi connectivity index (χ4n) is 2.87. The second-order valence-electron chi connectivity index (χ2n) is 5.23. The van der Waals surface area contributed by atoms with Crippen molar-refractivity contribution in [1.29, 1.82) is 0 Å². The lowest BCUT2D eigenvalue weighted by atomic mass is 10.0. The fraction of sp³-hybridized carbons (Fsp3) is 0.400. The van der Waals surface area contributed by atoms with Crippen molar-refractivity contribution in [3.63, 3.8) is 0 Å². The second-order valence-corrected chi connectivity index (χ2v) is 5.23. The van der Waals surface area contributed by atoms with Gasteiger partial charge in [0.1, 0.15) is 6.04 Å². The molecule has 122 valence electrons. The van der Waals surface area contributed by atoms with E-state index in [-0.39, 0.29) is 19.6 Å². The van der Waals surface area contributed by atoms with Gasteiger partial charge in [-0.3, -0.25) is 4.79 Å². The number of hydrogen-bond acceptors (Lipinski definition) is 6. The third-order valence-corrected chi connectivity index (χ3v) is 3.96. The molecule has 0 spiro atoms. The molecule has 0 radical (unpaired) electrons. The van der Waals surface area contributed by atoms with E-state index in [1.54, 1.807) is 18.2 Å². The molecule has 2 heterocycles. The van der Waals surface area contributed by atoms with E-state index >= 15 is 0 Å². The maximum absolute atomic E-state index is 12.2. The molecule has 1 amide bonds. The van der Waals surface area contributed by atoms with Gasteiger partial charge in [0.15, 0.2) is 17.5 Å². The first-order chi connectivity index (χ1) is 11.0. The Balaban J connectivity index is 2.02. The first-order valence-electron chi connectivity index (χ1n) is 7.04. The SMILES string of the molecule is COC(=O)[C@H](c1ccc2c(c1)OCO2)N1C(=O)CC[C@H]1C(=O)O. The van der Waals surface area contributed by atoms with Crippen LogP contribution in [0.2, 0.25) is 0 Å². The maximum atomic E-state index is 12.2. The molecule has 1 aromatic carbocycles. The Morgan fingerprint density at radius 3 is 2.78 bits per heavy atom. The molecule has 1 fully saturated rings. The zero-order valence-electron chi connectivity index (χ0n) is 12.4. The molecule has 3 rings (SSSR count). The van der Waals surface area contributed by atoms with Crippen LogP contribution < -0.4 is 9.47 Å². The molecule has 2 aliphatic rings. The molecule has 0 saturated carbocycles. The average Bonchev–Trinajstić information content (AvgIpc) is 3.14. The molecule has 23 heavy (non-hydrogen) atoms. The number of amides is 1. The summed E-state index contributed by atoms with van der Waals surface area (Å²) in [5.74, 6) is -1.28. The number of hydrogen-bond donors (Lipinski definition) is 1. The standard InChI is InChI=1S/C15H15NO7/c1-21-15(20)13(16-9(14(18)19)3-5-12(16)17)8-2-4-10-11(6-8)23-7-22-10/h2,4,6,9,13H,3,5,7H2,1H3,(H,18,19)/t9-,13-/m0/s1. The number of benzene rings is 1. The molecular weight excluding hydrogens is 306 g/mol. The van der Waals surface area contributed by atoms with Gasteiger partial charge in [-0.25, -0.2) is 9.59 Å². The van der Waals surface area contributed by atoms with E-state index in [0.29, 0.717) is 17.1 Å². The Kier molecular flexibility index (Phi) is 3.81. The first-order valence-corrected chi connectivity index (χ1v) is 7.04. The van der Waals surface area contributed by atoms with Gasteiger partial charge in [-0.05, 0) is 24.1 Å². The predicted molar refractivity (Wildman–Crippen MR) is 74.8 cm³/mol. The molecule has 0 bridgehead atoms. The van der Waals surface area contributed by atoms with Gasteiger partial charge >= 0.3 is 11.9 Å². The van der Waals surface area contributed by atoms with Crippen molar-refractivity contribution < 1.29 is 33.7 Å². The number of carboxylic acids is 1. The number of fused-ring (bicyclic) bond motifs is 1. The third kappa shape index (κ3) is 2.56. The predicted octanol–water partition coefficient (Wildman–Crippen LogP) is 0.705. The third-order valence-electron chi connectivity index (χ3n) is 3.96. The van der Waals surface area contributed by atoms with Crippen LogP contribution in [0.5, 0.6) is 11.5 Å². The van der Waals surface area contributed by atoms with Crippen LogP contribution in [0.15, 0.2) is 18.2 Å². The van der Waals surface area contributed by atoms with Gasteiger partial charge in [0, 0.05) is 6.42 Å². The summed E-state index contributed by atoms with van der Waals surface area (Å²) in [7, 11) is 1.19. The zero-order chi connectivity index (χ0) is 16.6. The van der Waals surface area contributed by atoms with Crippen LogP contribution in [0.25, 0.3) is 0 Å². The number of likely N-dealkylation sites (tertiary alicyclic amines) is 1. The summed E-state index contributed by atoms with van der Waals surface area (Å²) >= 11 is 0. The van der Waals surface area contributed by atoms with Crippen LogP contribution in [0.1, 0.15) is 24.4 Å². The summed E-state index contributed by atoms with van der Waals surface area (Å²) in [6, 6.07) is 2.58. The molecule has 1 aromatic rings. The van der Waals surface area contributed by atoms with Crippen molar-refractivity contribution in [2.24, 2.45) is 0 Å². The Hall–Kier alpha value is -2.77. The lowest BCUT2D eigenvalue weighted by molar-refractivity contribution is -0.157. The van der Waals surface area contributed by atoms with Crippen molar-refractivity contribution in [1.82, 2.24) is 4.90 Å². The van der Waals surface area contributed by atoms with Crippen LogP contribution >= 0.6 is 0 Å². The van der Waals surface area contributed by atoms with E-state index in [0.717, 1.165) is 4.90 Å². The normalized spacial score (nSPS) is 20.5. The van der Waals surface area contributed by atoms with Gasteiger partial charge in [0.2, 0.25) is 12.7 Å². The van der Waals surface area contributed by atoms with Crippen molar-refractivity contribution in [2.45, 2.75) is 24.9 Å². The van der Waals surface area contributed by atoms with Crippen LogP contribution in [-0.2, 0) is 19.1 Å². The summed E-state index contributed by atoms with van der Waals surface area (Å²) in [6.45, 7) is 0.0715. The van der Waals surface area contributed by atoms with Crippen LogP contribution in [0.3, 0.4) is 0 Å². The van der Waals surface area contributed by atoms with Crippen molar-refractivity contribution in [3.8, 4) is 11.5 Å². The molecule has 2 atom stereocenters. The van der Waals surface area contributed by atoms with E-state index in [1.807, 2.05) is 0 Å².